The molecule has 2 rings (SSSR count). The van der Waals surface area contributed by atoms with E-state index in [-0.39, 0.29) is 12.0 Å². The van der Waals surface area contributed by atoms with E-state index >= 15 is 0 Å². The van der Waals surface area contributed by atoms with Crippen LogP contribution in [0.5, 0.6) is 0 Å². The molecule has 17 heavy (non-hydrogen) atoms. The lowest BCUT2D eigenvalue weighted by Crippen LogP contribution is -2.39. The predicted octanol–water partition coefficient (Wildman–Crippen LogP) is 2.07. The molecule has 2 unspecified atom stereocenters. The fourth-order valence-corrected chi connectivity index (χ4v) is 2.75. The number of hydrogen-bond donors (Lipinski definition) is 1. The molecule has 0 aromatic carbocycles. The Kier molecular flexibility index (Phi) is 4.75. The summed E-state index contributed by atoms with van der Waals surface area (Å²) in [6.45, 7) is 4.24. The number of allylic oxidation sites excluding steroid dienone is 2. The maximum Gasteiger partial charge on any atom is 0.165 e. The van der Waals surface area contributed by atoms with E-state index in [1.165, 1.54) is 12.8 Å². The third kappa shape index (κ3) is 3.17. The molecule has 0 aromatic heterocycles. The quantitative estimate of drug-likeness (QED) is 0.813. The highest BCUT2D eigenvalue weighted by molar-refractivity contribution is 5.97. The van der Waals surface area contributed by atoms with Crippen LogP contribution < -0.4 is 5.32 Å². The van der Waals surface area contributed by atoms with Gasteiger partial charge in [0.15, 0.2) is 5.78 Å². The maximum atomic E-state index is 12.5. The van der Waals surface area contributed by atoms with E-state index in [1.807, 2.05) is 0 Å². The standard InChI is InChI=1S/C14H23NO2/c1-2-15-13-10-17-9-12(13)14(16)11-7-5-3-4-6-8-11/h7,12-13,15H,2-6,8-10H2,1H3. The molecule has 0 amide bonds. The Labute approximate surface area is 104 Å². The highest BCUT2D eigenvalue weighted by atomic mass is 16.5. The zero-order chi connectivity index (χ0) is 12.1. The van der Waals surface area contributed by atoms with Crippen molar-refractivity contribution in [2.45, 2.75) is 45.1 Å². The minimum atomic E-state index is 0.0410. The minimum Gasteiger partial charge on any atom is -0.379 e. The molecule has 1 aliphatic heterocycles. The van der Waals surface area contributed by atoms with Gasteiger partial charge in [-0.25, -0.2) is 0 Å². The maximum absolute atomic E-state index is 12.5. The number of ketones is 1. The van der Waals surface area contributed by atoms with Gasteiger partial charge in [-0.1, -0.05) is 19.4 Å². The van der Waals surface area contributed by atoms with Crippen molar-refractivity contribution in [3.8, 4) is 0 Å². The fraction of sp³-hybridized carbons (Fsp3) is 0.786. The number of Topliss-reactive ketones (excluding diaryl/α,β-unsaturated/α-hetero) is 1. The second kappa shape index (κ2) is 6.31. The van der Waals surface area contributed by atoms with Gasteiger partial charge in [-0.2, -0.15) is 0 Å². The lowest BCUT2D eigenvalue weighted by Gasteiger charge is -2.18. The lowest BCUT2D eigenvalue weighted by atomic mass is 9.91. The molecule has 0 radical (unpaired) electrons. The summed E-state index contributed by atoms with van der Waals surface area (Å²) in [5, 5.41) is 3.36. The molecule has 0 aromatic rings. The van der Waals surface area contributed by atoms with Gasteiger partial charge < -0.3 is 10.1 Å². The number of ether oxygens (including phenoxy) is 1. The van der Waals surface area contributed by atoms with Gasteiger partial charge in [0.2, 0.25) is 0 Å². The first-order valence-corrected chi connectivity index (χ1v) is 6.87. The van der Waals surface area contributed by atoms with Gasteiger partial charge in [0.25, 0.3) is 0 Å². The molecule has 2 atom stereocenters. The summed E-state index contributed by atoms with van der Waals surface area (Å²) in [5.74, 6) is 0.370. The van der Waals surface area contributed by atoms with Crippen LogP contribution in [0.15, 0.2) is 11.6 Å². The van der Waals surface area contributed by atoms with Crippen LogP contribution in [0, 0.1) is 5.92 Å². The summed E-state index contributed by atoms with van der Waals surface area (Å²) in [6.07, 6.45) is 7.85. The van der Waals surface area contributed by atoms with Crippen molar-refractivity contribution in [2.24, 2.45) is 5.92 Å². The molecule has 0 saturated carbocycles. The zero-order valence-corrected chi connectivity index (χ0v) is 10.7. The van der Waals surface area contributed by atoms with Gasteiger partial charge in [-0.15, -0.1) is 0 Å². The molecule has 1 heterocycles. The van der Waals surface area contributed by atoms with Crippen molar-refractivity contribution in [1.82, 2.24) is 5.32 Å². The Morgan fingerprint density at radius 3 is 3.12 bits per heavy atom. The van der Waals surface area contributed by atoms with E-state index in [9.17, 15) is 4.79 Å². The topological polar surface area (TPSA) is 38.3 Å². The van der Waals surface area contributed by atoms with Crippen LogP contribution in [0.25, 0.3) is 0 Å². The third-order valence-electron chi connectivity index (χ3n) is 3.74. The molecule has 3 heteroatoms. The molecule has 2 aliphatic rings. The Morgan fingerprint density at radius 1 is 1.41 bits per heavy atom. The van der Waals surface area contributed by atoms with Crippen LogP contribution in [-0.4, -0.2) is 31.6 Å². The van der Waals surface area contributed by atoms with E-state index in [0.717, 1.165) is 31.4 Å². The number of likely N-dealkylation sites (N-methyl/N-ethyl adjacent to an activating group) is 1. The van der Waals surface area contributed by atoms with Gasteiger partial charge in [0.1, 0.15) is 0 Å². The molecule has 96 valence electrons. The normalized spacial score (nSPS) is 29.8. The average Bonchev–Trinajstić information content (AvgIpc) is 2.63. The van der Waals surface area contributed by atoms with Crippen molar-refractivity contribution in [2.75, 3.05) is 19.8 Å². The zero-order valence-electron chi connectivity index (χ0n) is 10.7. The first-order chi connectivity index (χ1) is 8.33. The first kappa shape index (κ1) is 12.8. The Balaban J connectivity index is 2.00. The second-order valence-corrected chi connectivity index (χ2v) is 5.00. The number of hydrogen-bond acceptors (Lipinski definition) is 3. The predicted molar refractivity (Wildman–Crippen MR) is 67.9 cm³/mol. The smallest absolute Gasteiger partial charge is 0.165 e. The van der Waals surface area contributed by atoms with Crippen molar-refractivity contribution >= 4 is 5.78 Å². The molecule has 0 spiro atoms. The second-order valence-electron chi connectivity index (χ2n) is 5.00. The number of carbonyl (C=O) groups excluding carboxylic acids is 1. The monoisotopic (exact) mass is 237 g/mol. The van der Waals surface area contributed by atoms with Crippen molar-refractivity contribution in [3.63, 3.8) is 0 Å². The minimum absolute atomic E-state index is 0.0410. The fourth-order valence-electron chi connectivity index (χ4n) is 2.75. The molecule has 1 N–H and O–H groups in total. The Hall–Kier alpha value is -0.670. The molecule has 1 saturated heterocycles. The van der Waals surface area contributed by atoms with Gasteiger partial charge in [-0.05, 0) is 37.8 Å². The van der Waals surface area contributed by atoms with Gasteiger partial charge in [0, 0.05) is 6.04 Å². The summed E-state index contributed by atoms with van der Waals surface area (Å²) in [7, 11) is 0. The number of carbonyl (C=O) groups is 1. The summed E-state index contributed by atoms with van der Waals surface area (Å²) in [4.78, 5) is 12.5. The van der Waals surface area contributed by atoms with Crippen molar-refractivity contribution in [1.29, 1.82) is 0 Å². The summed E-state index contributed by atoms with van der Waals surface area (Å²) >= 11 is 0. The van der Waals surface area contributed by atoms with E-state index in [4.69, 9.17) is 4.74 Å². The molecule has 1 aliphatic carbocycles. The van der Waals surface area contributed by atoms with Crippen LogP contribution in [-0.2, 0) is 9.53 Å². The summed E-state index contributed by atoms with van der Waals surface area (Å²) in [5.41, 5.74) is 1.06. The highest BCUT2D eigenvalue weighted by Gasteiger charge is 2.34. The number of rotatable bonds is 4. The molecular weight excluding hydrogens is 214 g/mol. The van der Waals surface area contributed by atoms with Crippen LogP contribution in [0.4, 0.5) is 0 Å². The van der Waals surface area contributed by atoms with Crippen molar-refractivity contribution in [3.05, 3.63) is 11.6 Å². The number of nitrogens with one attached hydrogen (secondary N) is 1. The average molecular weight is 237 g/mol. The highest BCUT2D eigenvalue weighted by Crippen LogP contribution is 2.24. The Morgan fingerprint density at radius 2 is 2.29 bits per heavy atom. The molecule has 3 nitrogen and oxygen atoms in total. The van der Waals surface area contributed by atoms with E-state index < -0.39 is 0 Å². The summed E-state index contributed by atoms with van der Waals surface area (Å²) in [6, 6.07) is 0.219. The van der Waals surface area contributed by atoms with Gasteiger partial charge in [-0.3, -0.25) is 4.79 Å². The molecular formula is C14H23NO2. The van der Waals surface area contributed by atoms with E-state index in [1.54, 1.807) is 0 Å². The Bertz CT molecular complexity index is 299. The molecule has 1 fully saturated rings. The van der Waals surface area contributed by atoms with Gasteiger partial charge >= 0.3 is 0 Å². The van der Waals surface area contributed by atoms with Crippen LogP contribution in [0.1, 0.15) is 39.0 Å². The van der Waals surface area contributed by atoms with Gasteiger partial charge in [0.05, 0.1) is 19.1 Å². The summed E-state index contributed by atoms with van der Waals surface area (Å²) < 4.78 is 5.45. The first-order valence-electron chi connectivity index (χ1n) is 6.87. The molecule has 0 bridgehead atoms. The SMILES string of the molecule is CCNC1COCC1C(=O)C1=CCCCCC1. The van der Waals surface area contributed by atoms with E-state index in [2.05, 4.69) is 18.3 Å². The van der Waals surface area contributed by atoms with Crippen LogP contribution >= 0.6 is 0 Å². The largest absolute Gasteiger partial charge is 0.379 e. The van der Waals surface area contributed by atoms with Crippen LogP contribution in [0.3, 0.4) is 0 Å². The van der Waals surface area contributed by atoms with Crippen LogP contribution in [0.2, 0.25) is 0 Å². The van der Waals surface area contributed by atoms with Crippen molar-refractivity contribution < 1.29 is 9.53 Å². The van der Waals surface area contributed by atoms with E-state index in [0.29, 0.717) is 19.0 Å². The third-order valence-corrected chi connectivity index (χ3v) is 3.74. The lowest BCUT2D eigenvalue weighted by molar-refractivity contribution is -0.119.